The molecular weight excluding hydrogens is 224 g/mol. The second kappa shape index (κ2) is 4.43. The lowest BCUT2D eigenvalue weighted by atomic mass is 10.0. The third-order valence-corrected chi connectivity index (χ3v) is 3.36. The van der Waals surface area contributed by atoms with E-state index < -0.39 is 5.54 Å². The molecule has 0 aliphatic rings. The van der Waals surface area contributed by atoms with Crippen LogP contribution in [0, 0.1) is 25.2 Å². The van der Waals surface area contributed by atoms with Crippen molar-refractivity contribution in [2.75, 3.05) is 0 Å². The summed E-state index contributed by atoms with van der Waals surface area (Å²) in [6, 6.07) is 6.34. The highest BCUT2D eigenvalue weighted by Gasteiger charge is 2.17. The summed E-state index contributed by atoms with van der Waals surface area (Å²) in [5, 5.41) is 8.92. The van der Waals surface area contributed by atoms with E-state index >= 15 is 0 Å². The second-order valence-corrected chi connectivity index (χ2v) is 5.14. The lowest BCUT2D eigenvalue weighted by Crippen LogP contribution is -2.35. The summed E-state index contributed by atoms with van der Waals surface area (Å²) in [6.45, 7) is 6.63. The van der Waals surface area contributed by atoms with Crippen molar-refractivity contribution in [3.8, 4) is 6.07 Å². The Kier molecular flexibility index (Phi) is 3.10. The molecule has 0 spiro atoms. The molecule has 0 amide bonds. The van der Waals surface area contributed by atoms with Crippen molar-refractivity contribution < 1.29 is 0 Å². The summed E-state index contributed by atoms with van der Waals surface area (Å²) in [5.41, 5.74) is 9.65. The van der Waals surface area contributed by atoms with E-state index in [-0.39, 0.29) is 0 Å². The maximum Gasteiger partial charge on any atom is 0.103 e. The Morgan fingerprint density at radius 3 is 2.72 bits per heavy atom. The van der Waals surface area contributed by atoms with E-state index in [2.05, 4.69) is 41.6 Å². The van der Waals surface area contributed by atoms with Crippen LogP contribution in [-0.4, -0.2) is 15.1 Å². The van der Waals surface area contributed by atoms with Crippen LogP contribution in [0.2, 0.25) is 0 Å². The molecule has 0 fully saturated rings. The maximum atomic E-state index is 8.92. The van der Waals surface area contributed by atoms with Crippen LogP contribution in [-0.2, 0) is 6.54 Å². The molecule has 0 bridgehead atoms. The van der Waals surface area contributed by atoms with Gasteiger partial charge in [-0.1, -0.05) is 0 Å². The highest BCUT2D eigenvalue weighted by atomic mass is 15.0. The Morgan fingerprint density at radius 1 is 1.39 bits per heavy atom. The van der Waals surface area contributed by atoms with Crippen molar-refractivity contribution in [1.82, 2.24) is 9.55 Å². The van der Waals surface area contributed by atoms with Crippen molar-refractivity contribution in [2.24, 2.45) is 5.73 Å². The van der Waals surface area contributed by atoms with Crippen LogP contribution in [0.4, 0.5) is 0 Å². The molecule has 2 N–H and O–H groups in total. The number of nitrogens with zero attached hydrogens (tertiary/aromatic N) is 3. The van der Waals surface area contributed by atoms with Gasteiger partial charge in [-0.15, -0.1) is 0 Å². The van der Waals surface area contributed by atoms with Crippen LogP contribution in [0.15, 0.2) is 18.5 Å². The standard InChI is InChI=1S/C14H18N4/c1-10-6-12-13(7-11(10)2)18(9-17-12)5-4-14(3,16)8-15/h6-7,9H,4-5,16H2,1-3H3. The monoisotopic (exact) mass is 242 g/mol. The highest BCUT2D eigenvalue weighted by Crippen LogP contribution is 2.19. The third-order valence-electron chi connectivity index (χ3n) is 3.36. The van der Waals surface area contributed by atoms with Crippen molar-refractivity contribution in [2.45, 2.75) is 39.3 Å². The van der Waals surface area contributed by atoms with Crippen LogP contribution < -0.4 is 5.73 Å². The molecule has 1 atom stereocenters. The van der Waals surface area contributed by atoms with Gasteiger partial charge in [-0.3, -0.25) is 0 Å². The number of aryl methyl sites for hydroxylation is 3. The number of fused-ring (bicyclic) bond motifs is 1. The van der Waals surface area contributed by atoms with Gasteiger partial charge in [0.2, 0.25) is 0 Å². The molecule has 1 heterocycles. The molecule has 1 unspecified atom stereocenters. The first-order chi connectivity index (χ1) is 8.43. The van der Waals surface area contributed by atoms with Gasteiger partial charge in [0.1, 0.15) is 5.54 Å². The summed E-state index contributed by atoms with van der Waals surface area (Å²) < 4.78 is 2.06. The molecule has 0 aliphatic heterocycles. The van der Waals surface area contributed by atoms with E-state index in [1.807, 2.05) is 6.33 Å². The van der Waals surface area contributed by atoms with Gasteiger partial charge in [0.25, 0.3) is 0 Å². The first kappa shape index (κ1) is 12.6. The molecule has 2 rings (SSSR count). The second-order valence-electron chi connectivity index (χ2n) is 5.14. The SMILES string of the molecule is Cc1cc2ncn(CCC(C)(N)C#N)c2cc1C. The fourth-order valence-corrected chi connectivity index (χ4v) is 1.90. The van der Waals surface area contributed by atoms with E-state index in [1.165, 1.54) is 11.1 Å². The average molecular weight is 242 g/mol. The quantitative estimate of drug-likeness (QED) is 0.897. The summed E-state index contributed by atoms with van der Waals surface area (Å²) in [6.07, 6.45) is 2.43. The summed E-state index contributed by atoms with van der Waals surface area (Å²) in [7, 11) is 0. The Labute approximate surface area is 107 Å². The molecule has 4 heteroatoms. The predicted octanol–water partition coefficient (Wildman–Crippen LogP) is 2.28. The largest absolute Gasteiger partial charge is 0.330 e. The first-order valence-corrected chi connectivity index (χ1v) is 6.05. The zero-order valence-electron chi connectivity index (χ0n) is 11.1. The Balaban J connectivity index is 2.30. The molecule has 0 saturated heterocycles. The molecule has 0 saturated carbocycles. The van der Waals surface area contributed by atoms with Crippen LogP contribution in [0.25, 0.3) is 11.0 Å². The zero-order valence-corrected chi connectivity index (χ0v) is 11.1. The highest BCUT2D eigenvalue weighted by molar-refractivity contribution is 5.77. The van der Waals surface area contributed by atoms with E-state index in [4.69, 9.17) is 11.0 Å². The third kappa shape index (κ3) is 2.36. The van der Waals surface area contributed by atoms with Gasteiger partial charge < -0.3 is 10.3 Å². The average Bonchev–Trinajstić information content (AvgIpc) is 2.70. The number of nitrogens with two attached hydrogens (primary N) is 1. The molecule has 1 aromatic heterocycles. The number of aromatic nitrogens is 2. The van der Waals surface area contributed by atoms with E-state index in [0.717, 1.165) is 11.0 Å². The molecule has 18 heavy (non-hydrogen) atoms. The van der Waals surface area contributed by atoms with Gasteiger partial charge in [0, 0.05) is 6.54 Å². The van der Waals surface area contributed by atoms with Crippen LogP contribution in [0.5, 0.6) is 0 Å². The smallest absolute Gasteiger partial charge is 0.103 e. The lowest BCUT2D eigenvalue weighted by Gasteiger charge is -2.15. The molecule has 1 aromatic carbocycles. The fraction of sp³-hybridized carbons (Fsp3) is 0.429. The number of benzene rings is 1. The molecule has 0 aliphatic carbocycles. The normalized spacial score (nSPS) is 14.4. The van der Waals surface area contributed by atoms with Crippen molar-refractivity contribution >= 4 is 11.0 Å². The van der Waals surface area contributed by atoms with Gasteiger partial charge in [-0.05, 0) is 50.5 Å². The topological polar surface area (TPSA) is 67.6 Å². The minimum atomic E-state index is -0.781. The molecule has 0 radical (unpaired) electrons. The summed E-state index contributed by atoms with van der Waals surface area (Å²) in [5.74, 6) is 0. The first-order valence-electron chi connectivity index (χ1n) is 6.05. The van der Waals surface area contributed by atoms with Gasteiger partial charge in [-0.2, -0.15) is 5.26 Å². The van der Waals surface area contributed by atoms with Gasteiger partial charge in [0.05, 0.1) is 23.4 Å². The molecular formula is C14H18N4. The Morgan fingerprint density at radius 2 is 2.06 bits per heavy atom. The van der Waals surface area contributed by atoms with Crippen molar-refractivity contribution in [3.63, 3.8) is 0 Å². The van der Waals surface area contributed by atoms with Crippen LogP contribution in [0.3, 0.4) is 0 Å². The van der Waals surface area contributed by atoms with E-state index in [0.29, 0.717) is 13.0 Å². The predicted molar refractivity (Wildman–Crippen MR) is 72.0 cm³/mol. The number of hydrogen-bond acceptors (Lipinski definition) is 3. The van der Waals surface area contributed by atoms with E-state index in [1.54, 1.807) is 6.92 Å². The van der Waals surface area contributed by atoms with E-state index in [9.17, 15) is 0 Å². The van der Waals surface area contributed by atoms with Crippen molar-refractivity contribution in [1.29, 1.82) is 5.26 Å². The minimum Gasteiger partial charge on any atom is -0.330 e. The molecule has 94 valence electrons. The van der Waals surface area contributed by atoms with Crippen LogP contribution >= 0.6 is 0 Å². The maximum absolute atomic E-state index is 8.92. The summed E-state index contributed by atoms with van der Waals surface area (Å²) in [4.78, 5) is 4.39. The van der Waals surface area contributed by atoms with Crippen LogP contribution in [0.1, 0.15) is 24.5 Å². The minimum absolute atomic E-state index is 0.613. The zero-order chi connectivity index (χ0) is 13.3. The Hall–Kier alpha value is -1.86. The summed E-state index contributed by atoms with van der Waals surface area (Å²) >= 11 is 0. The van der Waals surface area contributed by atoms with Gasteiger partial charge >= 0.3 is 0 Å². The lowest BCUT2D eigenvalue weighted by molar-refractivity contribution is 0.495. The van der Waals surface area contributed by atoms with Gasteiger partial charge in [0.15, 0.2) is 0 Å². The number of rotatable bonds is 3. The Bertz CT molecular complexity index is 616. The fourth-order valence-electron chi connectivity index (χ4n) is 1.90. The number of nitriles is 1. The van der Waals surface area contributed by atoms with Crippen molar-refractivity contribution in [3.05, 3.63) is 29.6 Å². The number of hydrogen-bond donors (Lipinski definition) is 1. The molecule has 2 aromatic rings. The number of imidazole rings is 1. The van der Waals surface area contributed by atoms with Gasteiger partial charge in [-0.25, -0.2) is 4.98 Å². The molecule has 4 nitrogen and oxygen atoms in total.